The summed E-state index contributed by atoms with van der Waals surface area (Å²) in [5.41, 5.74) is 2.81. The van der Waals surface area contributed by atoms with Gasteiger partial charge in [-0.2, -0.15) is 0 Å². The van der Waals surface area contributed by atoms with Gasteiger partial charge in [-0.25, -0.2) is 14.4 Å². The number of amides is 1. The van der Waals surface area contributed by atoms with E-state index in [1.54, 1.807) is 4.90 Å². The largest absolute Gasteiger partial charge is 0.353 e. The lowest BCUT2D eigenvalue weighted by Gasteiger charge is -2.21. The second-order valence-electron chi connectivity index (χ2n) is 6.10. The molecule has 148 valence electrons. The predicted octanol–water partition coefficient (Wildman–Crippen LogP) is 5.38. The summed E-state index contributed by atoms with van der Waals surface area (Å²) in [6.45, 7) is 6.88. The number of hydrogen-bond donors (Lipinski definition) is 1. The lowest BCUT2D eigenvalue weighted by Crippen LogP contribution is -2.31. The molecule has 5 nitrogen and oxygen atoms in total. The summed E-state index contributed by atoms with van der Waals surface area (Å²) in [6, 6.07) is 7.79. The molecular formula is C20H21Cl2FN4O. The number of rotatable bonds is 5. The molecule has 0 bridgehead atoms. The molecule has 0 atom stereocenters. The zero-order chi connectivity index (χ0) is 19.6. The van der Waals surface area contributed by atoms with Crippen molar-refractivity contribution in [2.45, 2.75) is 20.8 Å². The summed E-state index contributed by atoms with van der Waals surface area (Å²) in [5.74, 6) is -0.572. The van der Waals surface area contributed by atoms with Crippen LogP contribution in [0.2, 0.25) is 5.02 Å². The van der Waals surface area contributed by atoms with Crippen LogP contribution in [0.3, 0.4) is 0 Å². The number of carbonyl (C=O) groups excluding carboxylic acids is 1. The summed E-state index contributed by atoms with van der Waals surface area (Å²) < 4.78 is 13.4. The van der Waals surface area contributed by atoms with E-state index in [-0.39, 0.29) is 23.3 Å². The minimum Gasteiger partial charge on any atom is -0.353 e. The topological polar surface area (TPSA) is 58.1 Å². The number of aromatic nitrogens is 2. The van der Waals surface area contributed by atoms with Gasteiger partial charge >= 0.3 is 0 Å². The molecule has 0 aliphatic carbocycles. The quantitative estimate of drug-likeness (QED) is 0.599. The first-order valence-corrected chi connectivity index (χ1v) is 9.10. The first kappa shape index (κ1) is 21.9. The van der Waals surface area contributed by atoms with Crippen LogP contribution in [0.15, 0.2) is 36.5 Å². The maximum atomic E-state index is 13.4. The molecule has 3 rings (SSSR count). The number of halogens is 3. The third-order valence-electron chi connectivity index (χ3n) is 4.34. The van der Waals surface area contributed by atoms with Crippen molar-refractivity contribution in [3.63, 3.8) is 0 Å². The van der Waals surface area contributed by atoms with E-state index in [0.29, 0.717) is 41.1 Å². The number of nitrogens with zero attached hydrogens (tertiary/aromatic N) is 3. The van der Waals surface area contributed by atoms with Crippen LogP contribution in [-0.4, -0.2) is 33.9 Å². The van der Waals surface area contributed by atoms with Crippen molar-refractivity contribution >= 4 is 52.3 Å². The van der Waals surface area contributed by atoms with Gasteiger partial charge in [-0.3, -0.25) is 4.79 Å². The number of fused-ring (bicyclic) bond motifs is 1. The molecule has 2 heterocycles. The Morgan fingerprint density at radius 1 is 1.21 bits per heavy atom. The Bertz CT molecular complexity index is 1010. The minimum atomic E-state index is -0.429. The number of anilines is 2. The highest BCUT2D eigenvalue weighted by molar-refractivity contribution is 6.33. The molecule has 8 heteroatoms. The van der Waals surface area contributed by atoms with Gasteiger partial charge in [0.15, 0.2) is 5.65 Å². The fraction of sp³-hybridized carbons (Fsp3) is 0.250. The molecule has 2 aromatic heterocycles. The van der Waals surface area contributed by atoms with E-state index < -0.39 is 5.82 Å². The van der Waals surface area contributed by atoms with Gasteiger partial charge in [-0.05, 0) is 51.1 Å². The molecule has 0 aliphatic heterocycles. The van der Waals surface area contributed by atoms with Crippen molar-refractivity contribution in [1.82, 2.24) is 14.9 Å². The van der Waals surface area contributed by atoms with Crippen LogP contribution >= 0.6 is 24.0 Å². The van der Waals surface area contributed by atoms with Crippen LogP contribution in [0.25, 0.3) is 11.0 Å². The highest BCUT2D eigenvalue weighted by atomic mass is 35.5. The van der Waals surface area contributed by atoms with E-state index >= 15 is 0 Å². The van der Waals surface area contributed by atoms with E-state index in [1.165, 1.54) is 24.4 Å². The van der Waals surface area contributed by atoms with E-state index in [2.05, 4.69) is 15.3 Å². The number of carbonyl (C=O) groups is 1. The number of hydrogen-bond acceptors (Lipinski definition) is 4. The smallest absolute Gasteiger partial charge is 0.257 e. The zero-order valence-corrected chi connectivity index (χ0v) is 17.4. The molecule has 3 aromatic rings. The number of benzene rings is 1. The van der Waals surface area contributed by atoms with Crippen LogP contribution in [0.1, 0.15) is 29.9 Å². The van der Waals surface area contributed by atoms with Gasteiger partial charge in [0.25, 0.3) is 5.91 Å². The van der Waals surface area contributed by atoms with Crippen molar-refractivity contribution in [3.05, 3.63) is 58.6 Å². The number of pyridine rings is 2. The Labute approximate surface area is 174 Å². The van der Waals surface area contributed by atoms with Crippen LogP contribution < -0.4 is 5.32 Å². The van der Waals surface area contributed by atoms with E-state index in [4.69, 9.17) is 11.6 Å². The van der Waals surface area contributed by atoms with Crippen molar-refractivity contribution in [2.75, 3.05) is 18.4 Å². The molecular weight excluding hydrogens is 402 g/mol. The highest BCUT2D eigenvalue weighted by Gasteiger charge is 2.21. The normalized spacial score (nSPS) is 10.5. The summed E-state index contributed by atoms with van der Waals surface area (Å²) in [7, 11) is 0. The van der Waals surface area contributed by atoms with Gasteiger partial charge in [0, 0.05) is 30.4 Å². The molecule has 1 amide bonds. The molecule has 0 unspecified atom stereocenters. The monoisotopic (exact) mass is 422 g/mol. The third-order valence-corrected chi connectivity index (χ3v) is 4.65. The highest BCUT2D eigenvalue weighted by Crippen LogP contribution is 2.32. The second-order valence-corrected chi connectivity index (χ2v) is 6.50. The van der Waals surface area contributed by atoms with Crippen molar-refractivity contribution < 1.29 is 9.18 Å². The fourth-order valence-corrected chi connectivity index (χ4v) is 3.09. The third kappa shape index (κ3) is 4.34. The number of aryl methyl sites for hydroxylation is 1. The number of nitrogens with one attached hydrogen (secondary N) is 1. The van der Waals surface area contributed by atoms with Crippen LogP contribution in [0, 0.1) is 12.7 Å². The van der Waals surface area contributed by atoms with Crippen LogP contribution in [0.5, 0.6) is 0 Å². The first-order chi connectivity index (χ1) is 12.9. The molecule has 0 spiro atoms. The van der Waals surface area contributed by atoms with Gasteiger partial charge < -0.3 is 10.2 Å². The van der Waals surface area contributed by atoms with Gasteiger partial charge in [0.1, 0.15) is 5.82 Å². The van der Waals surface area contributed by atoms with Gasteiger partial charge in [-0.1, -0.05) is 11.6 Å². The average Bonchev–Trinajstić information content (AvgIpc) is 2.64. The predicted molar refractivity (Wildman–Crippen MR) is 113 cm³/mol. The molecule has 0 saturated heterocycles. The molecule has 28 heavy (non-hydrogen) atoms. The second kappa shape index (κ2) is 9.17. The van der Waals surface area contributed by atoms with Gasteiger partial charge in [-0.15, -0.1) is 12.4 Å². The Kier molecular flexibility index (Phi) is 7.16. The van der Waals surface area contributed by atoms with E-state index in [1.807, 2.05) is 32.9 Å². The lowest BCUT2D eigenvalue weighted by molar-refractivity contribution is 0.0773. The first-order valence-electron chi connectivity index (χ1n) is 8.72. The molecule has 0 saturated carbocycles. The maximum absolute atomic E-state index is 13.4. The van der Waals surface area contributed by atoms with Crippen molar-refractivity contribution in [1.29, 1.82) is 0 Å². The molecule has 0 aliphatic rings. The molecule has 1 N–H and O–H groups in total. The molecule has 0 fully saturated rings. The van der Waals surface area contributed by atoms with E-state index in [9.17, 15) is 9.18 Å². The maximum Gasteiger partial charge on any atom is 0.257 e. The van der Waals surface area contributed by atoms with Crippen molar-refractivity contribution in [3.8, 4) is 0 Å². The Hall–Kier alpha value is -2.44. The Morgan fingerprint density at radius 2 is 1.93 bits per heavy atom. The molecule has 1 aromatic carbocycles. The van der Waals surface area contributed by atoms with Crippen molar-refractivity contribution in [2.24, 2.45) is 0 Å². The summed E-state index contributed by atoms with van der Waals surface area (Å²) in [5, 5.41) is 4.11. The average molecular weight is 423 g/mol. The van der Waals surface area contributed by atoms with Crippen LogP contribution in [-0.2, 0) is 0 Å². The summed E-state index contributed by atoms with van der Waals surface area (Å²) >= 11 is 6.18. The molecule has 0 radical (unpaired) electrons. The minimum absolute atomic E-state index is 0. The van der Waals surface area contributed by atoms with Gasteiger partial charge in [0.05, 0.1) is 22.0 Å². The lowest BCUT2D eigenvalue weighted by atomic mass is 10.1. The Morgan fingerprint density at radius 3 is 2.57 bits per heavy atom. The SMILES string of the molecule is CCN(CC)C(=O)c1cnc2nc(C)ccc2c1Nc1ccc(F)cc1Cl.Cl. The van der Waals surface area contributed by atoms with Gasteiger partial charge in [0.2, 0.25) is 0 Å². The standard InChI is InChI=1S/C20H20ClFN4O.ClH/c1-4-26(5-2)20(27)15-11-23-19-14(8-6-12(3)24-19)18(15)25-17-9-7-13(22)10-16(17)21;/h6-11H,4-5H2,1-3H3,(H,23,24,25);1H. The zero-order valence-electron chi connectivity index (χ0n) is 15.8. The Balaban J connectivity index is 0.00000280. The van der Waals surface area contributed by atoms with E-state index in [0.717, 1.165) is 5.69 Å². The van der Waals surface area contributed by atoms with Crippen LogP contribution in [0.4, 0.5) is 15.8 Å². The summed E-state index contributed by atoms with van der Waals surface area (Å²) in [6.07, 6.45) is 1.52. The summed E-state index contributed by atoms with van der Waals surface area (Å²) in [4.78, 5) is 23.5. The fourth-order valence-electron chi connectivity index (χ4n) is 2.88.